The highest BCUT2D eigenvalue weighted by Crippen LogP contribution is 2.30. The molecule has 1 aromatic heterocycles. The van der Waals surface area contributed by atoms with Crippen LogP contribution in [0.4, 0.5) is 4.39 Å². The Balaban J connectivity index is 1.85. The molecule has 1 saturated carbocycles. The zero-order valence-corrected chi connectivity index (χ0v) is 11.9. The summed E-state index contributed by atoms with van der Waals surface area (Å²) in [5.74, 6) is -0.354. The first kappa shape index (κ1) is 13.7. The van der Waals surface area contributed by atoms with E-state index >= 15 is 0 Å². The maximum Gasteiger partial charge on any atom is 0.254 e. The summed E-state index contributed by atoms with van der Waals surface area (Å²) in [5.41, 5.74) is 2.11. The van der Waals surface area contributed by atoms with Crippen molar-refractivity contribution < 1.29 is 9.18 Å². The first-order chi connectivity index (χ1) is 10.1. The van der Waals surface area contributed by atoms with Crippen molar-refractivity contribution in [3.8, 4) is 0 Å². The summed E-state index contributed by atoms with van der Waals surface area (Å²) in [6, 6.07) is 10.3. The number of nitrogens with zero attached hydrogens (tertiary/aromatic N) is 2. The van der Waals surface area contributed by atoms with E-state index in [0.717, 1.165) is 18.5 Å². The van der Waals surface area contributed by atoms with Crippen molar-refractivity contribution in [1.29, 1.82) is 0 Å². The molecule has 21 heavy (non-hydrogen) atoms. The fourth-order valence-electron chi connectivity index (χ4n) is 2.44. The highest BCUT2D eigenvalue weighted by molar-refractivity contribution is 5.96. The number of amides is 1. The summed E-state index contributed by atoms with van der Waals surface area (Å²) < 4.78 is 13.2. The van der Waals surface area contributed by atoms with Crippen molar-refractivity contribution in [2.24, 2.45) is 0 Å². The van der Waals surface area contributed by atoms with Crippen LogP contribution in [0.1, 0.15) is 34.5 Å². The molecule has 0 aliphatic heterocycles. The summed E-state index contributed by atoms with van der Waals surface area (Å²) in [6.45, 7) is 2.27. The fraction of sp³-hybridized carbons (Fsp3) is 0.294. The Morgan fingerprint density at radius 2 is 2.14 bits per heavy atom. The molecule has 1 aromatic carbocycles. The van der Waals surface area contributed by atoms with Crippen LogP contribution in [0.5, 0.6) is 0 Å². The summed E-state index contributed by atoms with van der Waals surface area (Å²) in [6.07, 6.45) is 3.78. The number of benzene rings is 1. The van der Waals surface area contributed by atoms with Crippen LogP contribution >= 0.6 is 0 Å². The average Bonchev–Trinajstić information content (AvgIpc) is 3.30. The number of halogens is 1. The van der Waals surface area contributed by atoms with Gasteiger partial charge in [-0.15, -0.1) is 0 Å². The van der Waals surface area contributed by atoms with Crippen LogP contribution in [0, 0.1) is 12.7 Å². The van der Waals surface area contributed by atoms with Crippen LogP contribution in [0.25, 0.3) is 0 Å². The van der Waals surface area contributed by atoms with E-state index in [9.17, 15) is 9.18 Å². The lowest BCUT2D eigenvalue weighted by Crippen LogP contribution is -2.33. The SMILES string of the molecule is Cc1cc(F)ccc1C(=O)N(Cc1ccccn1)C1CC1. The monoisotopic (exact) mass is 284 g/mol. The van der Waals surface area contributed by atoms with Gasteiger partial charge in [0.2, 0.25) is 0 Å². The second-order valence-corrected chi connectivity index (χ2v) is 5.44. The molecule has 0 N–H and O–H groups in total. The van der Waals surface area contributed by atoms with Gasteiger partial charge in [-0.2, -0.15) is 0 Å². The van der Waals surface area contributed by atoms with E-state index in [1.165, 1.54) is 12.1 Å². The molecule has 0 unspecified atom stereocenters. The standard InChI is InChI=1S/C17H17FN2O/c1-12-10-13(18)5-8-16(12)17(21)20(15-6-7-15)11-14-4-2-3-9-19-14/h2-5,8-10,15H,6-7,11H2,1H3. The lowest BCUT2D eigenvalue weighted by atomic mass is 10.1. The molecule has 1 fully saturated rings. The molecule has 2 aromatic rings. The van der Waals surface area contributed by atoms with Crippen LogP contribution in [0.15, 0.2) is 42.6 Å². The van der Waals surface area contributed by atoms with E-state index in [-0.39, 0.29) is 17.8 Å². The lowest BCUT2D eigenvalue weighted by Gasteiger charge is -2.23. The Kier molecular flexibility index (Phi) is 3.69. The number of pyridine rings is 1. The van der Waals surface area contributed by atoms with Gasteiger partial charge in [0.15, 0.2) is 0 Å². The largest absolute Gasteiger partial charge is 0.330 e. The van der Waals surface area contributed by atoms with Crippen molar-refractivity contribution in [3.63, 3.8) is 0 Å². The molecule has 0 spiro atoms. The number of rotatable bonds is 4. The van der Waals surface area contributed by atoms with Crippen molar-refractivity contribution in [2.75, 3.05) is 0 Å². The zero-order valence-electron chi connectivity index (χ0n) is 11.9. The highest BCUT2D eigenvalue weighted by Gasteiger charge is 2.33. The van der Waals surface area contributed by atoms with Gasteiger partial charge in [0.1, 0.15) is 5.82 Å². The maximum absolute atomic E-state index is 13.2. The molecule has 1 amide bonds. The van der Waals surface area contributed by atoms with Crippen LogP contribution in [0.2, 0.25) is 0 Å². The number of aryl methyl sites for hydroxylation is 1. The molecular weight excluding hydrogens is 267 g/mol. The molecule has 3 rings (SSSR count). The lowest BCUT2D eigenvalue weighted by molar-refractivity contribution is 0.0727. The molecular formula is C17H17FN2O. The maximum atomic E-state index is 13.2. The molecule has 0 bridgehead atoms. The predicted molar refractivity (Wildman–Crippen MR) is 78.3 cm³/mol. The summed E-state index contributed by atoms with van der Waals surface area (Å²) in [7, 11) is 0. The highest BCUT2D eigenvalue weighted by atomic mass is 19.1. The van der Waals surface area contributed by atoms with Crippen LogP contribution < -0.4 is 0 Å². The normalized spacial score (nSPS) is 14.0. The Morgan fingerprint density at radius 3 is 2.76 bits per heavy atom. The van der Waals surface area contributed by atoms with Gasteiger partial charge in [-0.1, -0.05) is 6.07 Å². The van der Waals surface area contributed by atoms with Crippen LogP contribution in [0.3, 0.4) is 0 Å². The number of hydrogen-bond donors (Lipinski definition) is 0. The topological polar surface area (TPSA) is 33.2 Å². The molecule has 4 heteroatoms. The molecule has 3 nitrogen and oxygen atoms in total. The van der Waals surface area contributed by atoms with Crippen molar-refractivity contribution in [2.45, 2.75) is 32.4 Å². The predicted octanol–water partition coefficient (Wildman–Crippen LogP) is 3.33. The number of carbonyl (C=O) groups is 1. The minimum atomic E-state index is -0.313. The number of hydrogen-bond acceptors (Lipinski definition) is 2. The van der Waals surface area contributed by atoms with Gasteiger partial charge in [-0.05, 0) is 55.7 Å². The van der Waals surface area contributed by atoms with Crippen molar-refractivity contribution >= 4 is 5.91 Å². The average molecular weight is 284 g/mol. The molecule has 0 atom stereocenters. The van der Waals surface area contributed by atoms with Gasteiger partial charge in [0.25, 0.3) is 5.91 Å². The summed E-state index contributed by atoms with van der Waals surface area (Å²) in [5, 5.41) is 0. The van der Waals surface area contributed by atoms with Gasteiger partial charge in [-0.25, -0.2) is 4.39 Å². The number of aromatic nitrogens is 1. The minimum Gasteiger partial charge on any atom is -0.330 e. The van der Waals surface area contributed by atoms with E-state index in [4.69, 9.17) is 0 Å². The quantitative estimate of drug-likeness (QED) is 0.862. The summed E-state index contributed by atoms with van der Waals surface area (Å²) >= 11 is 0. The van der Waals surface area contributed by atoms with Gasteiger partial charge in [-0.3, -0.25) is 9.78 Å². The van der Waals surface area contributed by atoms with E-state index in [1.54, 1.807) is 19.2 Å². The minimum absolute atomic E-state index is 0.0411. The molecule has 108 valence electrons. The van der Waals surface area contributed by atoms with Gasteiger partial charge >= 0.3 is 0 Å². The molecule has 0 saturated heterocycles. The zero-order chi connectivity index (χ0) is 14.8. The third-order valence-electron chi connectivity index (χ3n) is 3.73. The van der Waals surface area contributed by atoms with Crippen molar-refractivity contribution in [3.05, 3.63) is 65.2 Å². The first-order valence-electron chi connectivity index (χ1n) is 7.12. The van der Waals surface area contributed by atoms with Crippen LogP contribution in [-0.2, 0) is 6.54 Å². The van der Waals surface area contributed by atoms with E-state index in [2.05, 4.69) is 4.98 Å². The Bertz CT molecular complexity index is 653. The van der Waals surface area contributed by atoms with Gasteiger partial charge in [0.05, 0.1) is 12.2 Å². The smallest absolute Gasteiger partial charge is 0.254 e. The second kappa shape index (κ2) is 5.64. The van der Waals surface area contributed by atoms with Crippen molar-refractivity contribution in [1.82, 2.24) is 9.88 Å². The fourth-order valence-corrected chi connectivity index (χ4v) is 2.44. The van der Waals surface area contributed by atoms with Gasteiger partial charge < -0.3 is 4.90 Å². The number of carbonyl (C=O) groups excluding carboxylic acids is 1. The Hall–Kier alpha value is -2.23. The third-order valence-corrected chi connectivity index (χ3v) is 3.73. The molecule has 1 aliphatic rings. The third kappa shape index (κ3) is 3.10. The molecule has 1 heterocycles. The molecule has 0 radical (unpaired) electrons. The van der Waals surface area contributed by atoms with E-state index in [1.807, 2.05) is 23.1 Å². The Labute approximate surface area is 123 Å². The summed E-state index contributed by atoms with van der Waals surface area (Å²) in [4.78, 5) is 18.9. The molecule has 1 aliphatic carbocycles. The first-order valence-corrected chi connectivity index (χ1v) is 7.12. The Morgan fingerprint density at radius 1 is 1.33 bits per heavy atom. The van der Waals surface area contributed by atoms with E-state index in [0.29, 0.717) is 17.7 Å². The van der Waals surface area contributed by atoms with Gasteiger partial charge in [0, 0.05) is 17.8 Å². The second-order valence-electron chi connectivity index (χ2n) is 5.44. The van der Waals surface area contributed by atoms with Crippen LogP contribution in [-0.4, -0.2) is 21.8 Å². The van der Waals surface area contributed by atoms with E-state index < -0.39 is 0 Å².